The number of rotatable bonds is 0. The third kappa shape index (κ3) is 3.06. The van der Waals surface area contributed by atoms with Crippen molar-refractivity contribution in [1.29, 1.82) is 0 Å². The Morgan fingerprint density at radius 2 is 1.54 bits per heavy atom. The number of aliphatic imine (C=N–C) groups is 2. The summed E-state index contributed by atoms with van der Waals surface area (Å²) in [5, 5.41) is 2.68. The molecule has 4 aliphatic heterocycles. The fourth-order valence-electron chi connectivity index (χ4n) is 2.94. The number of allylic oxidation sites excluding steroid dienone is 6. The molecule has 0 aliphatic carbocycles. The van der Waals surface area contributed by atoms with Gasteiger partial charge in [-0.05, 0) is 0 Å². The van der Waals surface area contributed by atoms with Crippen LogP contribution in [0, 0.1) is 0 Å². The summed E-state index contributed by atoms with van der Waals surface area (Å²) in [7, 11) is 0. The molecule has 4 aliphatic rings. The molecule has 0 aromatic carbocycles. The molecule has 1 aromatic heterocycles. The number of fused-ring (bicyclic) bond motifs is 6. The van der Waals surface area contributed by atoms with Crippen molar-refractivity contribution in [3.05, 3.63) is 79.5 Å². The van der Waals surface area contributed by atoms with Crippen molar-refractivity contribution in [2.75, 3.05) is 0 Å². The second kappa shape index (κ2) is 6.44. The minimum absolute atomic E-state index is 0.169. The Balaban J connectivity index is 1.68. The van der Waals surface area contributed by atoms with Gasteiger partial charge in [0, 0.05) is 0 Å². The molecule has 26 heavy (non-hydrogen) atoms. The molecule has 1 radical (unpaired) electrons. The van der Waals surface area contributed by atoms with Gasteiger partial charge < -0.3 is 0 Å². The van der Waals surface area contributed by atoms with Gasteiger partial charge >= 0.3 is 168 Å². The van der Waals surface area contributed by atoms with E-state index in [0.717, 1.165) is 39.2 Å². The summed E-state index contributed by atoms with van der Waals surface area (Å²) in [4.78, 5) is 12.7. The molecule has 8 bridgehead atoms. The van der Waals surface area contributed by atoms with Crippen LogP contribution in [-0.4, -0.2) is 39.7 Å². The van der Waals surface area contributed by atoms with Crippen molar-refractivity contribution in [1.82, 2.24) is 8.55 Å². The molecule has 7 heteroatoms. The Hall–Kier alpha value is -1.77. The molecule has 0 fully saturated rings. The first-order valence-corrected chi connectivity index (χ1v) is 12.7. The fraction of sp³-hybridized carbons (Fsp3) is 0.0526. The van der Waals surface area contributed by atoms with E-state index in [9.17, 15) is 0 Å². The van der Waals surface area contributed by atoms with E-state index in [-0.39, 0.29) is 3.43 Å². The number of aromatic nitrogens is 1. The Bertz CT molecular complexity index is 1140. The molecule has 1 atom stereocenters. The van der Waals surface area contributed by atoms with Crippen molar-refractivity contribution >= 4 is 66.6 Å². The van der Waals surface area contributed by atoms with Crippen LogP contribution in [0.1, 0.15) is 0 Å². The third-order valence-electron chi connectivity index (χ3n) is 4.15. The Morgan fingerprint density at radius 1 is 0.885 bits per heavy atom. The summed E-state index contributed by atoms with van der Waals surface area (Å²) in [6, 6.07) is 4.07. The fourth-order valence-corrected chi connectivity index (χ4v) is 8.75. The van der Waals surface area contributed by atoms with Crippen molar-refractivity contribution in [3.63, 3.8) is 0 Å². The summed E-state index contributed by atoms with van der Waals surface area (Å²) in [5.74, 6) is 0. The number of aromatic amines is 1. The first kappa shape index (κ1) is 16.4. The molecule has 0 saturated carbocycles. The van der Waals surface area contributed by atoms with Crippen LogP contribution < -0.4 is 14.3 Å². The SMILES string of the molecule is ClC1=C2C=C3C=CC(=N3)C=c3ccc([nH]3)=CC3=NC(=C[Te](N2)C1Cl)C=C3. The number of H-pyrrole nitrogens is 1. The van der Waals surface area contributed by atoms with Crippen LogP contribution in [-0.2, 0) is 0 Å². The molecule has 1 aromatic rings. The number of nitrogens with zero attached hydrogens (tertiary/aromatic N) is 2. The third-order valence-corrected chi connectivity index (χ3v) is 11.3. The molecule has 1 unspecified atom stereocenters. The molecule has 5 rings (SSSR count). The normalized spacial score (nSPS) is 23.8. The minimum atomic E-state index is -2.01. The van der Waals surface area contributed by atoms with Gasteiger partial charge in [0.25, 0.3) is 0 Å². The van der Waals surface area contributed by atoms with Crippen LogP contribution in [0.15, 0.2) is 78.7 Å². The van der Waals surface area contributed by atoms with Gasteiger partial charge in [-0.2, -0.15) is 0 Å². The predicted molar refractivity (Wildman–Crippen MR) is 110 cm³/mol. The van der Waals surface area contributed by atoms with E-state index in [1.54, 1.807) is 0 Å². The van der Waals surface area contributed by atoms with Gasteiger partial charge in [0.2, 0.25) is 0 Å². The van der Waals surface area contributed by atoms with Crippen LogP contribution in [0.2, 0.25) is 0 Å². The topological polar surface area (TPSA) is 52.5 Å². The van der Waals surface area contributed by atoms with Crippen LogP contribution >= 0.6 is 23.2 Å². The molecule has 129 valence electrons. The summed E-state index contributed by atoms with van der Waals surface area (Å²) < 4.78 is 5.54. The Kier molecular flexibility index (Phi) is 4.06. The van der Waals surface area contributed by atoms with E-state index in [2.05, 4.69) is 22.7 Å². The second-order valence-corrected chi connectivity index (χ2v) is 12.4. The summed E-state index contributed by atoms with van der Waals surface area (Å²) >= 11 is 11.1. The van der Waals surface area contributed by atoms with E-state index in [1.807, 2.05) is 54.7 Å². The van der Waals surface area contributed by atoms with Gasteiger partial charge in [-0.1, -0.05) is 0 Å². The maximum atomic E-state index is 6.58. The van der Waals surface area contributed by atoms with E-state index in [4.69, 9.17) is 23.2 Å². The van der Waals surface area contributed by atoms with Crippen LogP contribution in [0.4, 0.5) is 0 Å². The van der Waals surface area contributed by atoms with E-state index < -0.39 is 19.8 Å². The van der Waals surface area contributed by atoms with E-state index in [0.29, 0.717) is 5.03 Å². The molecular formula is C19H13Cl2N4Te. The van der Waals surface area contributed by atoms with E-state index >= 15 is 0 Å². The number of hydrogen-bond acceptors (Lipinski definition) is 3. The number of alkyl halides is 1. The maximum absolute atomic E-state index is 6.58. The van der Waals surface area contributed by atoms with E-state index in [1.165, 1.54) is 0 Å². The number of hydrogen-bond donors (Lipinski definition) is 2. The molecular weight excluding hydrogens is 483 g/mol. The van der Waals surface area contributed by atoms with Gasteiger partial charge in [-0.15, -0.1) is 0 Å². The zero-order valence-corrected chi connectivity index (χ0v) is 17.3. The molecule has 0 amide bonds. The molecule has 2 N–H and O–H groups in total. The Labute approximate surface area is 167 Å². The van der Waals surface area contributed by atoms with Crippen LogP contribution in [0.3, 0.4) is 0 Å². The first-order chi connectivity index (χ1) is 12.6. The standard InChI is InChI=1S/C19H13Cl2N4Te/c20-18-17-9-15-4-3-13(23-15)7-11-1-2-12(22-11)8-14-5-6-16(24-14)10-26(25-17)19(18)21/h1-10,19,22,25H. The van der Waals surface area contributed by atoms with Crippen molar-refractivity contribution in [2.24, 2.45) is 9.98 Å². The summed E-state index contributed by atoms with van der Waals surface area (Å²) in [6.45, 7) is 0. The molecule has 4 nitrogen and oxygen atoms in total. The zero-order chi connectivity index (χ0) is 17.7. The van der Waals surface area contributed by atoms with Crippen molar-refractivity contribution < 1.29 is 0 Å². The average Bonchev–Trinajstić information content (AvgIpc) is 3.38. The van der Waals surface area contributed by atoms with Gasteiger partial charge in [-0.25, -0.2) is 0 Å². The van der Waals surface area contributed by atoms with Gasteiger partial charge in [0.05, 0.1) is 0 Å². The van der Waals surface area contributed by atoms with Gasteiger partial charge in [-0.3, -0.25) is 0 Å². The first-order valence-electron chi connectivity index (χ1n) is 8.02. The summed E-state index contributed by atoms with van der Waals surface area (Å²) in [6.07, 6.45) is 14.0. The monoisotopic (exact) mass is 497 g/mol. The molecule has 5 heterocycles. The number of halogens is 2. The van der Waals surface area contributed by atoms with Crippen LogP contribution in [0.25, 0.3) is 12.2 Å². The van der Waals surface area contributed by atoms with Gasteiger partial charge in [0.15, 0.2) is 0 Å². The average molecular weight is 496 g/mol. The zero-order valence-electron chi connectivity index (χ0n) is 13.4. The predicted octanol–water partition coefficient (Wildman–Crippen LogP) is 2.11. The molecule has 0 spiro atoms. The molecule has 0 saturated heterocycles. The summed E-state index contributed by atoms with van der Waals surface area (Å²) in [5.41, 5.74) is 4.48. The van der Waals surface area contributed by atoms with Crippen molar-refractivity contribution in [3.8, 4) is 0 Å². The quantitative estimate of drug-likeness (QED) is 0.420. The van der Waals surface area contributed by atoms with Crippen LogP contribution in [0.5, 0.6) is 0 Å². The van der Waals surface area contributed by atoms with Crippen molar-refractivity contribution in [2.45, 2.75) is 3.43 Å². The second-order valence-electron chi connectivity index (χ2n) is 6.06. The van der Waals surface area contributed by atoms with Gasteiger partial charge in [0.1, 0.15) is 0 Å². The Morgan fingerprint density at radius 3 is 2.27 bits per heavy atom. The number of nitrogens with one attached hydrogen (secondary N) is 2.